The minimum absolute atomic E-state index is 0.0328. The molecule has 3 atom stereocenters. The summed E-state index contributed by atoms with van der Waals surface area (Å²) >= 11 is 0. The fraction of sp³-hybridized carbons (Fsp3) is 0.316. The van der Waals surface area contributed by atoms with E-state index < -0.39 is 13.5 Å². The third-order valence-electron chi connectivity index (χ3n) is 3.97. The van der Waals surface area contributed by atoms with Crippen LogP contribution in [-0.2, 0) is 10.7 Å². The molecule has 6 heteroatoms. The fourth-order valence-corrected chi connectivity index (χ4v) is 4.30. The van der Waals surface area contributed by atoms with Crippen molar-refractivity contribution >= 4 is 7.37 Å². The molecule has 0 aliphatic heterocycles. The predicted molar refractivity (Wildman–Crippen MR) is 98.4 cm³/mol. The van der Waals surface area contributed by atoms with Crippen LogP contribution in [0.2, 0.25) is 0 Å². The highest BCUT2D eigenvalue weighted by atomic mass is 31.2. The predicted octanol–water partition coefficient (Wildman–Crippen LogP) is 3.04. The topological polar surface area (TPSA) is 93.3 Å². The molecule has 0 aromatic heterocycles. The van der Waals surface area contributed by atoms with Crippen LogP contribution in [0.15, 0.2) is 54.6 Å². The molecule has 0 heterocycles. The minimum Gasteiger partial charge on any atom is -0.391 e. The maximum atomic E-state index is 12.3. The van der Waals surface area contributed by atoms with Gasteiger partial charge in [-0.2, -0.15) is 5.26 Å². The third-order valence-corrected chi connectivity index (χ3v) is 5.82. The molecule has 3 N–H and O–H groups in total. The average Bonchev–Trinajstić information content (AvgIpc) is 2.59. The lowest BCUT2D eigenvalue weighted by molar-refractivity contribution is 0.186. The molecule has 5 nitrogen and oxygen atoms in total. The first-order valence-electron chi connectivity index (χ1n) is 8.16. The zero-order valence-corrected chi connectivity index (χ0v) is 15.1. The summed E-state index contributed by atoms with van der Waals surface area (Å²) in [5.74, 6) is 0. The smallest absolute Gasteiger partial charge is 0.207 e. The first-order chi connectivity index (χ1) is 11.9. The van der Waals surface area contributed by atoms with E-state index in [2.05, 4.69) is 11.4 Å². The number of hydrogen-bond donors (Lipinski definition) is 3. The van der Waals surface area contributed by atoms with Crippen LogP contribution in [0.25, 0.3) is 0 Å². The number of aliphatic hydroxyl groups is 1. The minimum atomic E-state index is -3.44. The molecule has 132 valence electrons. The maximum absolute atomic E-state index is 12.3. The molecule has 0 spiro atoms. The van der Waals surface area contributed by atoms with E-state index in [0.717, 1.165) is 11.1 Å². The van der Waals surface area contributed by atoms with Crippen molar-refractivity contribution in [2.75, 3.05) is 12.7 Å². The van der Waals surface area contributed by atoms with Gasteiger partial charge in [0.05, 0.1) is 23.9 Å². The van der Waals surface area contributed by atoms with Gasteiger partial charge in [-0.25, -0.2) is 0 Å². The summed E-state index contributed by atoms with van der Waals surface area (Å²) in [4.78, 5) is 10.1. The van der Waals surface area contributed by atoms with Gasteiger partial charge in [0.25, 0.3) is 0 Å². The summed E-state index contributed by atoms with van der Waals surface area (Å²) in [5.41, 5.74) is 2.38. The lowest BCUT2D eigenvalue weighted by Crippen LogP contribution is -2.31. The highest BCUT2D eigenvalue weighted by Crippen LogP contribution is 2.44. The van der Waals surface area contributed by atoms with Gasteiger partial charge in [-0.15, -0.1) is 0 Å². The van der Waals surface area contributed by atoms with Crippen molar-refractivity contribution in [1.82, 2.24) is 5.32 Å². The van der Waals surface area contributed by atoms with E-state index in [1.165, 1.54) is 0 Å². The van der Waals surface area contributed by atoms with Crippen LogP contribution >= 0.6 is 7.37 Å². The normalized spacial score (nSPS) is 15.8. The first kappa shape index (κ1) is 19.4. The molecule has 0 fully saturated rings. The number of nitrogens with one attached hydrogen (secondary N) is 1. The molecule has 0 saturated heterocycles. The molecule has 0 radical (unpaired) electrons. The molecule has 0 saturated carbocycles. The Morgan fingerprint density at radius 3 is 2.40 bits per heavy atom. The molecule has 0 aliphatic rings. The van der Waals surface area contributed by atoms with Crippen molar-refractivity contribution in [2.45, 2.75) is 25.2 Å². The van der Waals surface area contributed by atoms with Gasteiger partial charge in [0, 0.05) is 18.7 Å². The Balaban J connectivity index is 1.83. The van der Waals surface area contributed by atoms with E-state index in [1.807, 2.05) is 37.3 Å². The zero-order chi connectivity index (χ0) is 18.3. The SMILES string of the molecule is CC(NC[C@H](O)CP(=O)(O)Cc1ccccc1)c1ccc(C#N)cc1. The van der Waals surface area contributed by atoms with Crippen LogP contribution < -0.4 is 5.32 Å². The standard InChI is InChI=1S/C19H23N2O3P/c1-15(18-9-7-16(11-20)8-10-18)21-12-19(22)14-25(23,24)13-17-5-3-2-4-6-17/h2-10,15,19,21-22H,12-14H2,1H3,(H,23,24)/t15?,19-/m0/s1. The fourth-order valence-electron chi connectivity index (χ4n) is 2.60. The largest absolute Gasteiger partial charge is 0.391 e. The van der Waals surface area contributed by atoms with E-state index in [9.17, 15) is 14.6 Å². The van der Waals surface area contributed by atoms with Gasteiger partial charge in [0.1, 0.15) is 0 Å². The van der Waals surface area contributed by atoms with Crippen LogP contribution in [0.5, 0.6) is 0 Å². The van der Waals surface area contributed by atoms with Crippen LogP contribution in [0.1, 0.15) is 29.7 Å². The number of nitriles is 1. The Labute approximate surface area is 148 Å². The summed E-state index contributed by atoms with van der Waals surface area (Å²) in [6.45, 7) is 2.16. The van der Waals surface area contributed by atoms with Gasteiger partial charge >= 0.3 is 0 Å². The maximum Gasteiger partial charge on any atom is 0.207 e. The first-order valence-corrected chi connectivity index (χ1v) is 10.2. The third kappa shape index (κ3) is 6.45. The molecule has 0 bridgehead atoms. The molecule has 2 unspecified atom stereocenters. The summed E-state index contributed by atoms with van der Waals surface area (Å²) < 4.78 is 12.3. The van der Waals surface area contributed by atoms with Crippen molar-refractivity contribution in [3.05, 3.63) is 71.3 Å². The van der Waals surface area contributed by atoms with Gasteiger partial charge in [-0.1, -0.05) is 42.5 Å². The number of hydrogen-bond acceptors (Lipinski definition) is 4. The van der Waals surface area contributed by atoms with E-state index in [0.29, 0.717) is 5.56 Å². The summed E-state index contributed by atoms with van der Waals surface area (Å²) in [6.07, 6.45) is -0.981. The van der Waals surface area contributed by atoms with Crippen molar-refractivity contribution in [3.63, 3.8) is 0 Å². The quantitative estimate of drug-likeness (QED) is 0.631. The average molecular weight is 358 g/mol. The summed E-state index contributed by atoms with van der Waals surface area (Å²) in [6, 6.07) is 18.4. The number of aliphatic hydroxyl groups excluding tert-OH is 1. The summed E-state index contributed by atoms with van der Waals surface area (Å²) in [5, 5.41) is 22.1. The lowest BCUT2D eigenvalue weighted by atomic mass is 10.1. The van der Waals surface area contributed by atoms with Crippen LogP contribution in [0.3, 0.4) is 0 Å². The van der Waals surface area contributed by atoms with Gasteiger partial charge in [-0.05, 0) is 30.2 Å². The van der Waals surface area contributed by atoms with Gasteiger partial charge in [0.2, 0.25) is 7.37 Å². The second-order valence-electron chi connectivity index (χ2n) is 6.19. The molecule has 0 amide bonds. The Kier molecular flexibility index (Phi) is 6.92. The van der Waals surface area contributed by atoms with E-state index in [4.69, 9.17) is 5.26 Å². The van der Waals surface area contributed by atoms with E-state index >= 15 is 0 Å². The molecular formula is C19H23N2O3P. The Hall–Kier alpha value is -1.96. The molecule has 25 heavy (non-hydrogen) atoms. The molecule has 2 aromatic carbocycles. The van der Waals surface area contributed by atoms with Crippen LogP contribution in [0.4, 0.5) is 0 Å². The summed E-state index contributed by atoms with van der Waals surface area (Å²) in [7, 11) is -3.44. The Morgan fingerprint density at radius 1 is 1.16 bits per heavy atom. The van der Waals surface area contributed by atoms with Crippen molar-refractivity contribution in [2.24, 2.45) is 0 Å². The van der Waals surface area contributed by atoms with Crippen molar-refractivity contribution in [3.8, 4) is 6.07 Å². The monoisotopic (exact) mass is 358 g/mol. The van der Waals surface area contributed by atoms with Crippen molar-refractivity contribution < 1.29 is 14.6 Å². The van der Waals surface area contributed by atoms with E-state index in [1.54, 1.807) is 24.3 Å². The second-order valence-corrected chi connectivity index (χ2v) is 8.56. The number of benzene rings is 2. The highest BCUT2D eigenvalue weighted by Gasteiger charge is 2.23. The van der Waals surface area contributed by atoms with E-state index in [-0.39, 0.29) is 24.9 Å². The molecule has 2 aromatic rings. The number of nitrogens with zero attached hydrogens (tertiary/aromatic N) is 1. The lowest BCUT2D eigenvalue weighted by Gasteiger charge is -2.20. The Bertz CT molecular complexity index is 756. The van der Waals surface area contributed by atoms with Crippen LogP contribution in [0, 0.1) is 11.3 Å². The van der Waals surface area contributed by atoms with Crippen molar-refractivity contribution in [1.29, 1.82) is 5.26 Å². The zero-order valence-electron chi connectivity index (χ0n) is 14.2. The molecule has 2 rings (SSSR count). The second kappa shape index (κ2) is 8.94. The van der Waals surface area contributed by atoms with Crippen LogP contribution in [-0.4, -0.2) is 28.8 Å². The van der Waals surface area contributed by atoms with Gasteiger partial charge in [0.15, 0.2) is 0 Å². The number of rotatable bonds is 8. The van der Waals surface area contributed by atoms with Gasteiger partial charge < -0.3 is 15.3 Å². The highest BCUT2D eigenvalue weighted by molar-refractivity contribution is 7.57. The molecular weight excluding hydrogens is 335 g/mol. The van der Waals surface area contributed by atoms with Gasteiger partial charge in [-0.3, -0.25) is 4.57 Å². The Morgan fingerprint density at radius 2 is 1.80 bits per heavy atom. The molecule has 0 aliphatic carbocycles.